The number of methoxy groups -OCH3 is 3. The molecule has 0 aliphatic rings. The van der Waals surface area contributed by atoms with Gasteiger partial charge in [-0.15, -0.1) is 0 Å². The van der Waals surface area contributed by atoms with Gasteiger partial charge < -0.3 is 28.5 Å². The van der Waals surface area contributed by atoms with Crippen LogP contribution in [-0.4, -0.2) is 50.6 Å². The molecule has 134 valence electrons. The van der Waals surface area contributed by atoms with Crippen molar-refractivity contribution in [3.8, 4) is 28.5 Å². The molecule has 0 amide bonds. The van der Waals surface area contributed by atoms with E-state index in [0.29, 0.717) is 5.75 Å². The van der Waals surface area contributed by atoms with E-state index < -0.39 is 17.4 Å². The van der Waals surface area contributed by atoms with Gasteiger partial charge in [-0.25, -0.2) is 14.6 Å². The van der Waals surface area contributed by atoms with Gasteiger partial charge in [0.1, 0.15) is 12.4 Å². The van der Waals surface area contributed by atoms with Gasteiger partial charge in [0, 0.05) is 24.9 Å². The lowest BCUT2D eigenvalue weighted by molar-refractivity contribution is 0.0655. The molecule has 0 unspecified atom stereocenters. The zero-order valence-electron chi connectivity index (χ0n) is 13.9. The van der Waals surface area contributed by atoms with E-state index in [2.05, 4.69) is 4.98 Å². The second-order valence-corrected chi connectivity index (χ2v) is 4.68. The Hall–Kier alpha value is -3.07. The third-order valence-electron chi connectivity index (χ3n) is 3.21. The Balaban J connectivity index is 2.73. The molecule has 0 aromatic carbocycles. The number of carboxylic acid groups (broad SMARTS) is 1. The summed E-state index contributed by atoms with van der Waals surface area (Å²) < 4.78 is 25.6. The molecule has 2 aromatic heterocycles. The number of aromatic nitrogens is 1. The Morgan fingerprint density at radius 2 is 2.00 bits per heavy atom. The second-order valence-electron chi connectivity index (χ2n) is 4.68. The van der Waals surface area contributed by atoms with E-state index >= 15 is 0 Å². The van der Waals surface area contributed by atoms with Crippen molar-refractivity contribution in [1.82, 2.24) is 4.98 Å². The summed E-state index contributed by atoms with van der Waals surface area (Å²) in [5, 5.41) is 9.17. The highest BCUT2D eigenvalue weighted by Gasteiger charge is 2.24. The first kappa shape index (κ1) is 18.3. The number of carboxylic acids is 1. The molecule has 2 aromatic rings. The average Bonchev–Trinajstić information content (AvgIpc) is 2.61. The van der Waals surface area contributed by atoms with Crippen LogP contribution in [-0.2, 0) is 4.74 Å². The molecule has 0 radical (unpaired) electrons. The van der Waals surface area contributed by atoms with Gasteiger partial charge in [-0.05, 0) is 6.07 Å². The van der Waals surface area contributed by atoms with Gasteiger partial charge in [0.2, 0.25) is 17.4 Å². The smallest absolute Gasteiger partial charge is 0.379 e. The summed E-state index contributed by atoms with van der Waals surface area (Å²) in [5.74, 6) is -1.68. The van der Waals surface area contributed by atoms with E-state index in [1.54, 1.807) is 6.07 Å². The zero-order chi connectivity index (χ0) is 18.4. The Labute approximate surface area is 142 Å². The summed E-state index contributed by atoms with van der Waals surface area (Å²) in [5.41, 5.74) is -0.541. The highest BCUT2D eigenvalue weighted by Crippen LogP contribution is 2.40. The summed E-state index contributed by atoms with van der Waals surface area (Å²) >= 11 is 0. The summed E-state index contributed by atoms with van der Waals surface area (Å²) in [6.45, 7) is 0.284. The van der Waals surface area contributed by atoms with Crippen molar-refractivity contribution in [2.45, 2.75) is 0 Å². The molecule has 2 rings (SSSR count). The summed E-state index contributed by atoms with van der Waals surface area (Å²) in [4.78, 5) is 27.5. The van der Waals surface area contributed by atoms with Gasteiger partial charge in [-0.3, -0.25) is 0 Å². The van der Waals surface area contributed by atoms with E-state index in [1.165, 1.54) is 27.5 Å². The minimum atomic E-state index is -1.40. The SMILES string of the molecule is COCCOc1c(-c2c(OC)ccnc2OC)cc(C(=O)O)oc1=O. The molecular formula is C16H17NO8. The quantitative estimate of drug-likeness (QED) is 0.705. The van der Waals surface area contributed by atoms with Crippen LogP contribution in [0.1, 0.15) is 10.6 Å². The molecule has 9 heteroatoms. The van der Waals surface area contributed by atoms with Crippen LogP contribution >= 0.6 is 0 Å². The van der Waals surface area contributed by atoms with Crippen LogP contribution in [0.4, 0.5) is 0 Å². The number of hydrogen-bond donors (Lipinski definition) is 1. The Morgan fingerprint density at radius 3 is 2.60 bits per heavy atom. The molecule has 1 N–H and O–H groups in total. The molecule has 0 spiro atoms. The summed E-state index contributed by atoms with van der Waals surface area (Å²) in [7, 11) is 4.29. The van der Waals surface area contributed by atoms with E-state index in [-0.39, 0.29) is 36.0 Å². The van der Waals surface area contributed by atoms with Crippen LogP contribution < -0.4 is 19.8 Å². The molecule has 9 nitrogen and oxygen atoms in total. The third kappa shape index (κ3) is 3.89. The molecule has 0 saturated carbocycles. The zero-order valence-corrected chi connectivity index (χ0v) is 13.9. The molecule has 25 heavy (non-hydrogen) atoms. The lowest BCUT2D eigenvalue weighted by Crippen LogP contribution is -2.15. The predicted molar refractivity (Wildman–Crippen MR) is 85.6 cm³/mol. The maximum Gasteiger partial charge on any atom is 0.379 e. The topological polar surface area (TPSA) is 117 Å². The van der Waals surface area contributed by atoms with Crippen molar-refractivity contribution in [2.75, 3.05) is 34.5 Å². The normalized spacial score (nSPS) is 10.4. The minimum absolute atomic E-state index is 0.0611. The Bertz CT molecular complexity index is 792. The van der Waals surface area contributed by atoms with Gasteiger partial charge in [0.25, 0.3) is 0 Å². The highest BCUT2D eigenvalue weighted by molar-refractivity contribution is 5.88. The first-order valence-electron chi connectivity index (χ1n) is 7.14. The minimum Gasteiger partial charge on any atom is -0.496 e. The summed E-state index contributed by atoms with van der Waals surface area (Å²) in [6, 6.07) is 2.71. The average molecular weight is 351 g/mol. The molecule has 0 aliphatic heterocycles. The maximum atomic E-state index is 12.2. The van der Waals surface area contributed by atoms with Gasteiger partial charge in [-0.1, -0.05) is 0 Å². The van der Waals surface area contributed by atoms with Crippen LogP contribution in [0.15, 0.2) is 27.5 Å². The monoisotopic (exact) mass is 351 g/mol. The standard InChI is InChI=1S/C16H17NO8/c1-21-6-7-24-13-9(8-11(15(18)19)25-16(13)20)12-10(22-2)4-5-17-14(12)23-3/h4-5,8H,6-7H2,1-3H3,(H,18,19). The number of hydrogen-bond acceptors (Lipinski definition) is 8. The lowest BCUT2D eigenvalue weighted by atomic mass is 10.1. The highest BCUT2D eigenvalue weighted by atomic mass is 16.5. The lowest BCUT2D eigenvalue weighted by Gasteiger charge is -2.15. The van der Waals surface area contributed by atoms with Crippen molar-refractivity contribution >= 4 is 5.97 Å². The van der Waals surface area contributed by atoms with Gasteiger partial charge >= 0.3 is 11.6 Å². The van der Waals surface area contributed by atoms with Crippen LogP contribution in [0.25, 0.3) is 11.1 Å². The maximum absolute atomic E-state index is 12.2. The fraction of sp³-hybridized carbons (Fsp3) is 0.312. The second kappa shape index (κ2) is 8.15. The molecular weight excluding hydrogens is 334 g/mol. The molecule has 0 saturated heterocycles. The van der Waals surface area contributed by atoms with Gasteiger partial charge in [-0.2, -0.15) is 0 Å². The van der Waals surface area contributed by atoms with Crippen molar-refractivity contribution < 1.29 is 33.3 Å². The molecule has 0 bridgehead atoms. The van der Waals surface area contributed by atoms with Crippen LogP contribution in [0.5, 0.6) is 17.4 Å². The molecule has 0 aliphatic carbocycles. The first-order valence-corrected chi connectivity index (χ1v) is 7.14. The molecule has 0 atom stereocenters. The first-order chi connectivity index (χ1) is 12.0. The van der Waals surface area contributed by atoms with Crippen LogP contribution in [0.2, 0.25) is 0 Å². The number of pyridine rings is 1. The number of carbonyl (C=O) groups is 1. The molecule has 2 heterocycles. The molecule has 0 fully saturated rings. The van der Waals surface area contributed by atoms with Crippen molar-refractivity contribution in [1.29, 1.82) is 0 Å². The third-order valence-corrected chi connectivity index (χ3v) is 3.21. The fourth-order valence-corrected chi connectivity index (χ4v) is 2.14. The Kier molecular flexibility index (Phi) is 5.96. The number of nitrogens with zero attached hydrogens (tertiary/aromatic N) is 1. The Morgan fingerprint density at radius 1 is 1.24 bits per heavy atom. The predicted octanol–water partition coefficient (Wildman–Crippen LogP) is 1.44. The van der Waals surface area contributed by atoms with Crippen molar-refractivity contribution in [3.05, 3.63) is 34.5 Å². The number of aromatic carboxylic acids is 1. The van der Waals surface area contributed by atoms with Crippen LogP contribution in [0, 0.1) is 0 Å². The largest absolute Gasteiger partial charge is 0.496 e. The van der Waals surface area contributed by atoms with Crippen molar-refractivity contribution in [3.63, 3.8) is 0 Å². The van der Waals surface area contributed by atoms with Crippen molar-refractivity contribution in [2.24, 2.45) is 0 Å². The van der Waals surface area contributed by atoms with Crippen LogP contribution in [0.3, 0.4) is 0 Å². The van der Waals surface area contributed by atoms with E-state index in [1.807, 2.05) is 0 Å². The number of ether oxygens (including phenoxy) is 4. The van der Waals surface area contributed by atoms with E-state index in [9.17, 15) is 9.59 Å². The fourth-order valence-electron chi connectivity index (χ4n) is 2.14. The van der Waals surface area contributed by atoms with E-state index in [0.717, 1.165) is 6.07 Å². The van der Waals surface area contributed by atoms with Gasteiger partial charge in [0.15, 0.2) is 0 Å². The van der Waals surface area contributed by atoms with E-state index in [4.69, 9.17) is 28.5 Å². The van der Waals surface area contributed by atoms with Gasteiger partial charge in [0.05, 0.1) is 26.4 Å². The summed E-state index contributed by atoms with van der Waals surface area (Å²) in [6.07, 6.45) is 1.45. The number of rotatable bonds is 8.